The topological polar surface area (TPSA) is 112 Å². The molecule has 0 atom stereocenters. The van der Waals surface area contributed by atoms with E-state index in [9.17, 15) is 9.59 Å². The third-order valence-corrected chi connectivity index (χ3v) is 4.29. The Kier molecular flexibility index (Phi) is 12.9. The fourth-order valence-electron chi connectivity index (χ4n) is 2.80. The lowest BCUT2D eigenvalue weighted by molar-refractivity contribution is -0.134. The van der Waals surface area contributed by atoms with Gasteiger partial charge < -0.3 is 25.2 Å². The second kappa shape index (κ2) is 15.3. The standard InChI is InChI=1S/C17H29N3O.C4H4O4/c1-2-3-4-5-6-12-21-17-13-16(14-19-15-17)20-10-7-8-18-9-11-20;5-3(6)1-2-4(7)8/h13-15,18H,2-12H2,1H3;1-2H,(H,5,6)(H,7,8)/b;2-1+. The summed E-state index contributed by atoms with van der Waals surface area (Å²) in [7, 11) is 0. The van der Waals surface area contributed by atoms with E-state index in [0.29, 0.717) is 12.2 Å². The number of hydrogen-bond donors (Lipinski definition) is 3. The molecular weight excluding hydrogens is 374 g/mol. The lowest BCUT2D eigenvalue weighted by atomic mass is 10.2. The van der Waals surface area contributed by atoms with Crippen molar-refractivity contribution in [3.63, 3.8) is 0 Å². The molecule has 1 aromatic heterocycles. The van der Waals surface area contributed by atoms with Gasteiger partial charge in [-0.3, -0.25) is 4.98 Å². The second-order valence-electron chi connectivity index (χ2n) is 6.74. The molecule has 3 N–H and O–H groups in total. The van der Waals surface area contributed by atoms with E-state index in [1.54, 1.807) is 0 Å². The summed E-state index contributed by atoms with van der Waals surface area (Å²) in [5, 5.41) is 19.1. The SMILES string of the molecule is CCCCCCCOc1cncc(N2CCCNCC2)c1.O=C(O)/C=C/C(=O)O. The zero-order valence-corrected chi connectivity index (χ0v) is 17.2. The smallest absolute Gasteiger partial charge is 0.328 e. The number of unbranched alkanes of at least 4 members (excludes halogenated alkanes) is 4. The van der Waals surface area contributed by atoms with E-state index < -0.39 is 11.9 Å². The average molecular weight is 408 g/mol. The Balaban J connectivity index is 0.000000447. The van der Waals surface area contributed by atoms with Gasteiger partial charge in [0.1, 0.15) is 5.75 Å². The normalized spacial score (nSPS) is 14.0. The Morgan fingerprint density at radius 2 is 1.83 bits per heavy atom. The van der Waals surface area contributed by atoms with Gasteiger partial charge in [-0.1, -0.05) is 32.6 Å². The maximum atomic E-state index is 9.55. The van der Waals surface area contributed by atoms with Gasteiger partial charge in [-0.15, -0.1) is 0 Å². The lowest BCUT2D eigenvalue weighted by Crippen LogP contribution is -2.27. The molecule has 162 valence electrons. The molecule has 0 unspecified atom stereocenters. The molecule has 2 rings (SSSR count). The van der Waals surface area contributed by atoms with E-state index in [0.717, 1.165) is 45.0 Å². The number of anilines is 1. The summed E-state index contributed by atoms with van der Waals surface area (Å²) >= 11 is 0. The Hall–Kier alpha value is -2.61. The van der Waals surface area contributed by atoms with Gasteiger partial charge in [0.05, 0.1) is 24.7 Å². The molecule has 1 aliphatic heterocycles. The van der Waals surface area contributed by atoms with Crippen LogP contribution in [0.2, 0.25) is 0 Å². The van der Waals surface area contributed by atoms with Crippen molar-refractivity contribution in [2.75, 3.05) is 37.7 Å². The average Bonchev–Trinajstić information content (AvgIpc) is 2.99. The first-order valence-electron chi connectivity index (χ1n) is 10.2. The minimum atomic E-state index is -1.26. The molecule has 8 nitrogen and oxygen atoms in total. The van der Waals surface area contributed by atoms with Crippen LogP contribution in [0.1, 0.15) is 45.4 Å². The van der Waals surface area contributed by atoms with Crippen LogP contribution in [0, 0.1) is 0 Å². The molecule has 0 radical (unpaired) electrons. The maximum Gasteiger partial charge on any atom is 0.328 e. The van der Waals surface area contributed by atoms with Crippen molar-refractivity contribution in [2.45, 2.75) is 45.4 Å². The minimum Gasteiger partial charge on any atom is -0.492 e. The third kappa shape index (κ3) is 12.5. The Morgan fingerprint density at radius 3 is 2.52 bits per heavy atom. The summed E-state index contributed by atoms with van der Waals surface area (Å²) < 4.78 is 5.84. The third-order valence-electron chi connectivity index (χ3n) is 4.29. The van der Waals surface area contributed by atoms with Crippen LogP contribution < -0.4 is 15.0 Å². The number of nitrogens with zero attached hydrogens (tertiary/aromatic N) is 2. The molecule has 0 saturated carbocycles. The van der Waals surface area contributed by atoms with Crippen molar-refractivity contribution >= 4 is 17.6 Å². The summed E-state index contributed by atoms with van der Waals surface area (Å²) in [5.74, 6) is -1.61. The number of hydrogen-bond acceptors (Lipinski definition) is 6. The predicted octanol–water partition coefficient (Wildman–Crippen LogP) is 2.94. The highest BCUT2D eigenvalue weighted by molar-refractivity contribution is 5.89. The molecule has 0 amide bonds. The van der Waals surface area contributed by atoms with E-state index in [4.69, 9.17) is 14.9 Å². The van der Waals surface area contributed by atoms with E-state index in [-0.39, 0.29) is 0 Å². The second-order valence-corrected chi connectivity index (χ2v) is 6.74. The number of nitrogens with one attached hydrogen (secondary N) is 1. The summed E-state index contributed by atoms with van der Waals surface area (Å²) in [6.45, 7) is 7.33. The molecule has 2 heterocycles. The van der Waals surface area contributed by atoms with Gasteiger partial charge in [0, 0.05) is 37.9 Å². The quantitative estimate of drug-likeness (QED) is 0.401. The van der Waals surface area contributed by atoms with Gasteiger partial charge in [-0.2, -0.15) is 0 Å². The van der Waals surface area contributed by atoms with Crippen LogP contribution in [-0.4, -0.2) is 59.9 Å². The molecule has 1 saturated heterocycles. The van der Waals surface area contributed by atoms with Gasteiger partial charge >= 0.3 is 11.9 Å². The largest absolute Gasteiger partial charge is 0.492 e. The number of carboxylic acid groups (broad SMARTS) is 2. The minimum absolute atomic E-state index is 0.558. The summed E-state index contributed by atoms with van der Waals surface area (Å²) in [6.07, 6.45) is 12.4. The van der Waals surface area contributed by atoms with E-state index in [1.807, 2.05) is 12.4 Å². The Morgan fingerprint density at radius 1 is 1.10 bits per heavy atom. The highest BCUT2D eigenvalue weighted by Gasteiger charge is 2.10. The number of ether oxygens (including phenoxy) is 1. The highest BCUT2D eigenvalue weighted by Crippen LogP contribution is 2.20. The van der Waals surface area contributed by atoms with Crippen molar-refractivity contribution in [3.8, 4) is 5.75 Å². The van der Waals surface area contributed by atoms with Crippen molar-refractivity contribution in [2.24, 2.45) is 0 Å². The van der Waals surface area contributed by atoms with Crippen molar-refractivity contribution in [1.82, 2.24) is 10.3 Å². The van der Waals surface area contributed by atoms with Crippen LogP contribution >= 0.6 is 0 Å². The van der Waals surface area contributed by atoms with Crippen LogP contribution in [0.15, 0.2) is 30.6 Å². The number of rotatable bonds is 10. The molecule has 1 aliphatic rings. The van der Waals surface area contributed by atoms with Crippen molar-refractivity contribution in [1.29, 1.82) is 0 Å². The van der Waals surface area contributed by atoms with Gasteiger partial charge in [0.25, 0.3) is 0 Å². The zero-order chi connectivity index (χ0) is 21.3. The van der Waals surface area contributed by atoms with E-state index >= 15 is 0 Å². The molecule has 1 fully saturated rings. The fourth-order valence-corrected chi connectivity index (χ4v) is 2.80. The molecule has 0 spiro atoms. The summed E-state index contributed by atoms with van der Waals surface area (Å²) in [6, 6.07) is 2.13. The van der Waals surface area contributed by atoms with E-state index in [1.165, 1.54) is 37.8 Å². The number of aliphatic carboxylic acids is 2. The monoisotopic (exact) mass is 407 g/mol. The molecule has 1 aromatic rings. The van der Waals surface area contributed by atoms with Crippen molar-refractivity contribution in [3.05, 3.63) is 30.6 Å². The zero-order valence-electron chi connectivity index (χ0n) is 17.2. The summed E-state index contributed by atoms with van der Waals surface area (Å²) in [5.41, 5.74) is 1.18. The number of carbonyl (C=O) groups is 2. The van der Waals surface area contributed by atoms with E-state index in [2.05, 4.69) is 28.2 Å². The summed E-state index contributed by atoms with van der Waals surface area (Å²) in [4.78, 5) is 25.8. The molecule has 0 aliphatic carbocycles. The van der Waals surface area contributed by atoms with Crippen LogP contribution in [0.4, 0.5) is 5.69 Å². The fraction of sp³-hybridized carbons (Fsp3) is 0.571. The van der Waals surface area contributed by atoms with Gasteiger partial charge in [-0.05, 0) is 19.4 Å². The van der Waals surface area contributed by atoms with Gasteiger partial charge in [0.2, 0.25) is 0 Å². The van der Waals surface area contributed by atoms with Crippen LogP contribution in [0.3, 0.4) is 0 Å². The van der Waals surface area contributed by atoms with Gasteiger partial charge in [-0.25, -0.2) is 9.59 Å². The number of pyridine rings is 1. The first-order chi connectivity index (χ1) is 14.0. The van der Waals surface area contributed by atoms with Crippen LogP contribution in [0.5, 0.6) is 5.75 Å². The Bertz CT molecular complexity index is 612. The van der Waals surface area contributed by atoms with Crippen LogP contribution in [0.25, 0.3) is 0 Å². The van der Waals surface area contributed by atoms with Crippen molar-refractivity contribution < 1.29 is 24.5 Å². The molecule has 8 heteroatoms. The molecular formula is C21H33N3O5. The van der Waals surface area contributed by atoms with Gasteiger partial charge in [0.15, 0.2) is 0 Å². The van der Waals surface area contributed by atoms with Crippen LogP contribution in [-0.2, 0) is 9.59 Å². The highest BCUT2D eigenvalue weighted by atomic mass is 16.5. The number of aromatic nitrogens is 1. The maximum absolute atomic E-state index is 9.55. The molecule has 29 heavy (non-hydrogen) atoms. The first-order valence-corrected chi connectivity index (χ1v) is 10.2. The predicted molar refractivity (Wildman–Crippen MR) is 113 cm³/mol. The molecule has 0 aromatic carbocycles. The molecule has 0 bridgehead atoms. The number of carboxylic acids is 2. The first kappa shape index (κ1) is 24.4. The Labute approximate surface area is 172 Å². The lowest BCUT2D eigenvalue weighted by Gasteiger charge is -2.22.